The average molecular weight is 135 g/mol. The van der Waals surface area contributed by atoms with Gasteiger partial charge in [0.1, 0.15) is 0 Å². The first-order chi connectivity index (χ1) is 4.74. The van der Waals surface area contributed by atoms with Gasteiger partial charge in [0, 0.05) is 13.2 Å². The van der Waals surface area contributed by atoms with Crippen LogP contribution in [0.4, 0.5) is 0 Å². The quantitative estimate of drug-likeness (QED) is 0.577. The molecule has 0 bridgehead atoms. The Kier molecular flexibility index (Phi) is 1.72. The van der Waals surface area contributed by atoms with E-state index in [9.17, 15) is 0 Å². The van der Waals surface area contributed by atoms with Crippen molar-refractivity contribution in [3.05, 3.63) is 18.0 Å². The Morgan fingerprint density at radius 2 is 2.50 bits per heavy atom. The Labute approximate surface area is 59.9 Å². The van der Waals surface area contributed by atoms with Crippen LogP contribution in [0.25, 0.3) is 0 Å². The molecule has 0 fully saturated rings. The molecular weight excluding hydrogens is 126 g/mol. The lowest BCUT2D eigenvalue weighted by atomic mass is 10.1. The molecule has 10 heavy (non-hydrogen) atoms. The predicted molar refractivity (Wildman–Crippen MR) is 37.2 cm³/mol. The fourth-order valence-corrected chi connectivity index (χ4v) is 0.730. The summed E-state index contributed by atoms with van der Waals surface area (Å²) in [5.41, 5.74) is 0.838. The summed E-state index contributed by atoms with van der Waals surface area (Å²) in [5, 5.41) is 12.6. The third kappa shape index (κ3) is 1.16. The lowest BCUT2D eigenvalue weighted by molar-refractivity contribution is 0.733. The maximum absolute atomic E-state index is 8.50. The van der Waals surface area contributed by atoms with Crippen molar-refractivity contribution in [3.8, 4) is 6.07 Å². The highest BCUT2D eigenvalue weighted by Gasteiger charge is 2.04. The second-order valence-electron chi connectivity index (χ2n) is 2.27. The van der Waals surface area contributed by atoms with Gasteiger partial charge in [-0.1, -0.05) is 0 Å². The van der Waals surface area contributed by atoms with Gasteiger partial charge >= 0.3 is 0 Å². The first-order valence-corrected chi connectivity index (χ1v) is 3.13. The maximum atomic E-state index is 8.50. The van der Waals surface area contributed by atoms with Crippen molar-refractivity contribution in [2.75, 3.05) is 0 Å². The zero-order chi connectivity index (χ0) is 7.56. The normalized spacial score (nSPS) is 12.5. The van der Waals surface area contributed by atoms with Crippen molar-refractivity contribution in [3.63, 3.8) is 0 Å². The minimum atomic E-state index is -0.0961. The van der Waals surface area contributed by atoms with Gasteiger partial charge in [0.05, 0.1) is 17.7 Å². The van der Waals surface area contributed by atoms with Gasteiger partial charge in [-0.25, -0.2) is 0 Å². The van der Waals surface area contributed by atoms with Crippen molar-refractivity contribution in [1.82, 2.24) is 9.78 Å². The molecule has 0 saturated heterocycles. The summed E-state index contributed by atoms with van der Waals surface area (Å²) in [4.78, 5) is 0. The molecule has 0 amide bonds. The molecule has 0 aromatic carbocycles. The lowest BCUT2D eigenvalue weighted by Crippen LogP contribution is -1.93. The molecule has 0 aliphatic carbocycles. The largest absolute Gasteiger partial charge is 0.276 e. The van der Waals surface area contributed by atoms with Crippen LogP contribution in [0.2, 0.25) is 0 Å². The average Bonchev–Trinajstić information content (AvgIpc) is 2.34. The van der Waals surface area contributed by atoms with Gasteiger partial charge in [0.25, 0.3) is 0 Å². The molecule has 52 valence electrons. The second kappa shape index (κ2) is 2.53. The third-order valence-corrected chi connectivity index (χ3v) is 1.37. The number of aromatic nitrogens is 2. The van der Waals surface area contributed by atoms with Crippen molar-refractivity contribution in [2.45, 2.75) is 12.8 Å². The van der Waals surface area contributed by atoms with Crippen LogP contribution >= 0.6 is 0 Å². The van der Waals surface area contributed by atoms with Crippen LogP contribution < -0.4 is 0 Å². The summed E-state index contributed by atoms with van der Waals surface area (Å²) in [5.74, 6) is -0.0961. The van der Waals surface area contributed by atoms with Crippen LogP contribution in [0.15, 0.2) is 12.3 Å². The van der Waals surface area contributed by atoms with E-state index < -0.39 is 0 Å². The molecule has 0 aliphatic rings. The van der Waals surface area contributed by atoms with E-state index in [0.29, 0.717) is 0 Å². The smallest absolute Gasteiger partial charge is 0.0875 e. The van der Waals surface area contributed by atoms with Crippen LogP contribution in [0.5, 0.6) is 0 Å². The number of hydrogen-bond acceptors (Lipinski definition) is 2. The predicted octanol–water partition coefficient (Wildman–Crippen LogP) is 1.05. The van der Waals surface area contributed by atoms with Gasteiger partial charge in [0.15, 0.2) is 0 Å². The van der Waals surface area contributed by atoms with Crippen molar-refractivity contribution >= 4 is 0 Å². The lowest BCUT2D eigenvalue weighted by Gasteiger charge is -1.92. The Morgan fingerprint density at radius 3 is 2.90 bits per heavy atom. The molecule has 1 rings (SSSR count). The summed E-state index contributed by atoms with van der Waals surface area (Å²) in [6.45, 7) is 1.84. The van der Waals surface area contributed by atoms with Gasteiger partial charge in [-0.15, -0.1) is 0 Å². The van der Waals surface area contributed by atoms with Gasteiger partial charge in [0.2, 0.25) is 0 Å². The van der Waals surface area contributed by atoms with Crippen molar-refractivity contribution in [2.24, 2.45) is 7.05 Å². The molecule has 1 aromatic heterocycles. The Bertz CT molecular complexity index is 256. The van der Waals surface area contributed by atoms with E-state index in [-0.39, 0.29) is 5.92 Å². The number of rotatable bonds is 1. The van der Waals surface area contributed by atoms with E-state index in [1.54, 1.807) is 4.68 Å². The fourth-order valence-electron chi connectivity index (χ4n) is 0.730. The molecule has 0 saturated carbocycles. The minimum absolute atomic E-state index is 0.0961. The van der Waals surface area contributed by atoms with Gasteiger partial charge in [-0.3, -0.25) is 4.68 Å². The number of aryl methyl sites for hydroxylation is 1. The molecule has 0 aliphatic heterocycles. The zero-order valence-electron chi connectivity index (χ0n) is 6.07. The molecule has 3 heteroatoms. The molecule has 0 N–H and O–H groups in total. The molecule has 1 atom stereocenters. The first-order valence-electron chi connectivity index (χ1n) is 3.13. The molecular formula is C7H9N3. The summed E-state index contributed by atoms with van der Waals surface area (Å²) >= 11 is 0. The Hall–Kier alpha value is -1.30. The minimum Gasteiger partial charge on any atom is -0.276 e. The molecule has 0 radical (unpaired) electrons. The van der Waals surface area contributed by atoms with Crippen LogP contribution in [0.1, 0.15) is 18.5 Å². The molecule has 1 aromatic rings. The van der Waals surface area contributed by atoms with E-state index in [1.807, 2.05) is 26.2 Å². The SMILES string of the molecule is CC(C#N)c1ccn(C)n1. The number of nitriles is 1. The van der Waals surface area contributed by atoms with Crippen LogP contribution in [0, 0.1) is 11.3 Å². The highest BCUT2D eigenvalue weighted by atomic mass is 15.2. The molecule has 3 nitrogen and oxygen atoms in total. The van der Waals surface area contributed by atoms with Crippen LogP contribution in [0.3, 0.4) is 0 Å². The van der Waals surface area contributed by atoms with Crippen LogP contribution in [-0.2, 0) is 7.05 Å². The summed E-state index contributed by atoms with van der Waals surface area (Å²) in [7, 11) is 1.84. The standard InChI is InChI=1S/C7H9N3/c1-6(5-8)7-3-4-10(2)9-7/h3-4,6H,1-2H3. The van der Waals surface area contributed by atoms with Crippen molar-refractivity contribution in [1.29, 1.82) is 5.26 Å². The molecule has 0 spiro atoms. The van der Waals surface area contributed by atoms with Crippen molar-refractivity contribution < 1.29 is 0 Å². The number of hydrogen-bond donors (Lipinski definition) is 0. The van der Waals surface area contributed by atoms with E-state index in [2.05, 4.69) is 11.2 Å². The Balaban J connectivity index is 2.87. The topological polar surface area (TPSA) is 41.6 Å². The molecule has 1 unspecified atom stereocenters. The summed E-state index contributed by atoms with van der Waals surface area (Å²) in [6.07, 6.45) is 1.84. The highest BCUT2D eigenvalue weighted by Crippen LogP contribution is 2.09. The van der Waals surface area contributed by atoms with Gasteiger partial charge in [-0.05, 0) is 13.0 Å². The van der Waals surface area contributed by atoms with Crippen LogP contribution in [-0.4, -0.2) is 9.78 Å². The van der Waals surface area contributed by atoms with E-state index >= 15 is 0 Å². The zero-order valence-corrected chi connectivity index (χ0v) is 6.07. The van der Waals surface area contributed by atoms with E-state index in [1.165, 1.54) is 0 Å². The number of nitrogens with zero attached hydrogens (tertiary/aromatic N) is 3. The van der Waals surface area contributed by atoms with Gasteiger partial charge in [-0.2, -0.15) is 10.4 Å². The molecule has 1 heterocycles. The third-order valence-electron chi connectivity index (χ3n) is 1.37. The maximum Gasteiger partial charge on any atom is 0.0875 e. The first kappa shape index (κ1) is 6.81. The summed E-state index contributed by atoms with van der Waals surface area (Å²) in [6, 6.07) is 3.97. The monoisotopic (exact) mass is 135 g/mol. The fraction of sp³-hybridized carbons (Fsp3) is 0.429. The Morgan fingerprint density at radius 1 is 1.80 bits per heavy atom. The highest BCUT2D eigenvalue weighted by molar-refractivity contribution is 5.12. The summed E-state index contributed by atoms with van der Waals surface area (Å²) < 4.78 is 1.70. The second-order valence-corrected chi connectivity index (χ2v) is 2.27. The van der Waals surface area contributed by atoms with E-state index in [0.717, 1.165) is 5.69 Å². The van der Waals surface area contributed by atoms with Gasteiger partial charge < -0.3 is 0 Å². The van der Waals surface area contributed by atoms with E-state index in [4.69, 9.17) is 5.26 Å².